The SMILES string of the molecule is CCCCOOSC[C@@H](NC(=O)O[C@H]1CCOC1)C(=O)N[C@@H](Cc1cc(F)cc(F)c1)[C@H](O)CNCc1cccc(CC)c1. The van der Waals surface area contributed by atoms with Gasteiger partial charge in [-0.05, 0) is 48.1 Å². The van der Waals surface area contributed by atoms with Gasteiger partial charge < -0.3 is 30.5 Å². The molecule has 0 aromatic heterocycles. The molecule has 0 saturated carbocycles. The highest BCUT2D eigenvalue weighted by Crippen LogP contribution is 2.14. The predicted octanol–water partition coefficient (Wildman–Crippen LogP) is 3.99. The van der Waals surface area contributed by atoms with E-state index in [1.165, 1.54) is 5.56 Å². The Morgan fingerprint density at radius 1 is 1.09 bits per heavy atom. The number of aryl methyl sites for hydroxylation is 1. The van der Waals surface area contributed by atoms with E-state index in [2.05, 4.69) is 28.9 Å². The van der Waals surface area contributed by atoms with Crippen molar-refractivity contribution in [2.45, 2.75) is 76.8 Å². The molecule has 10 nitrogen and oxygen atoms in total. The molecule has 1 saturated heterocycles. The number of alkyl carbamates (subject to hydrolysis) is 1. The molecule has 2 aromatic rings. The van der Waals surface area contributed by atoms with Gasteiger partial charge in [-0.3, -0.25) is 4.79 Å². The standard InChI is InChI=1S/C31H43F2N3O7S/c1-3-5-10-41-43-44-20-28(36-31(39)42-26-9-11-40-19-26)30(38)35-27(15-23-13-24(32)16-25(33)14-23)29(37)18-34-17-22-8-6-7-21(4-2)12-22/h6-8,12-14,16,26-29,34,37H,3-5,9-11,15,17-20H2,1-2H3,(H,35,38)(H,36,39)/t26-,27-,28+,29+/m0/s1. The average molecular weight is 640 g/mol. The van der Waals surface area contributed by atoms with Gasteiger partial charge in [-0.25, -0.2) is 18.5 Å². The van der Waals surface area contributed by atoms with E-state index in [1.807, 2.05) is 25.1 Å². The largest absolute Gasteiger partial charge is 0.444 e. The Labute approximate surface area is 261 Å². The fraction of sp³-hybridized carbons (Fsp3) is 0.548. The molecule has 44 heavy (non-hydrogen) atoms. The first-order chi connectivity index (χ1) is 21.3. The lowest BCUT2D eigenvalue weighted by Gasteiger charge is -2.27. The number of unbranched alkanes of at least 4 members (excludes halogenated alkanes) is 1. The van der Waals surface area contributed by atoms with E-state index in [1.54, 1.807) is 0 Å². The number of carbonyl (C=O) groups excluding carboxylic acids is 2. The molecule has 4 N–H and O–H groups in total. The van der Waals surface area contributed by atoms with Crippen molar-refractivity contribution >= 4 is 24.0 Å². The summed E-state index contributed by atoms with van der Waals surface area (Å²) in [6, 6.07) is 8.95. The van der Waals surface area contributed by atoms with Gasteiger partial charge in [0.25, 0.3) is 0 Å². The summed E-state index contributed by atoms with van der Waals surface area (Å²) in [5.74, 6) is -2.24. The Balaban J connectivity index is 1.69. The minimum absolute atomic E-state index is 0.0440. The van der Waals surface area contributed by atoms with E-state index >= 15 is 0 Å². The van der Waals surface area contributed by atoms with Crippen molar-refractivity contribution in [3.8, 4) is 0 Å². The molecule has 0 unspecified atom stereocenters. The van der Waals surface area contributed by atoms with Crippen molar-refractivity contribution in [2.75, 3.05) is 32.1 Å². The summed E-state index contributed by atoms with van der Waals surface area (Å²) >= 11 is 0.831. The first kappa shape index (κ1) is 35.7. The quantitative estimate of drug-likeness (QED) is 0.0781. The molecule has 1 aliphatic rings. The molecule has 3 rings (SSSR count). The Hall–Kier alpha value is -2.81. The number of carbonyl (C=O) groups is 2. The first-order valence-corrected chi connectivity index (χ1v) is 15.9. The van der Waals surface area contributed by atoms with Crippen molar-refractivity contribution in [3.63, 3.8) is 0 Å². The lowest BCUT2D eigenvalue weighted by molar-refractivity contribution is -0.191. The zero-order valence-electron chi connectivity index (χ0n) is 25.2. The van der Waals surface area contributed by atoms with Gasteiger partial charge in [-0.1, -0.05) is 44.5 Å². The van der Waals surface area contributed by atoms with Crippen molar-refractivity contribution in [1.29, 1.82) is 0 Å². The summed E-state index contributed by atoms with van der Waals surface area (Å²) < 4.78 is 43.7. The monoisotopic (exact) mass is 639 g/mol. The van der Waals surface area contributed by atoms with E-state index < -0.39 is 47.9 Å². The van der Waals surface area contributed by atoms with E-state index in [-0.39, 0.29) is 30.9 Å². The van der Waals surface area contributed by atoms with Crippen LogP contribution in [0.3, 0.4) is 0 Å². The zero-order valence-corrected chi connectivity index (χ0v) is 26.0. The van der Waals surface area contributed by atoms with E-state index in [9.17, 15) is 23.5 Å². The third-order valence-electron chi connectivity index (χ3n) is 6.93. The third-order valence-corrected chi connectivity index (χ3v) is 7.60. The summed E-state index contributed by atoms with van der Waals surface area (Å²) in [6.45, 7) is 5.71. The van der Waals surface area contributed by atoms with E-state index in [0.717, 1.165) is 55.1 Å². The van der Waals surface area contributed by atoms with Gasteiger partial charge in [0, 0.05) is 37.6 Å². The molecule has 1 fully saturated rings. The number of aliphatic hydroxyl groups is 1. The Morgan fingerprint density at radius 2 is 1.86 bits per heavy atom. The summed E-state index contributed by atoms with van der Waals surface area (Å²) in [5.41, 5.74) is 2.45. The highest BCUT2D eigenvalue weighted by Gasteiger charge is 2.29. The number of rotatable bonds is 19. The van der Waals surface area contributed by atoms with Crippen molar-refractivity contribution < 1.29 is 42.2 Å². The first-order valence-electron chi connectivity index (χ1n) is 14.9. The molecule has 4 atom stereocenters. The maximum atomic E-state index is 14.0. The van der Waals surface area contributed by atoms with Crippen LogP contribution in [0.4, 0.5) is 13.6 Å². The van der Waals surface area contributed by atoms with Crippen molar-refractivity contribution in [2.24, 2.45) is 0 Å². The number of aliphatic hydroxyl groups excluding tert-OH is 1. The maximum absolute atomic E-state index is 14.0. The topological polar surface area (TPSA) is 127 Å². The van der Waals surface area contributed by atoms with Gasteiger partial charge in [0.1, 0.15) is 23.8 Å². The second-order valence-corrected chi connectivity index (χ2v) is 11.3. The van der Waals surface area contributed by atoms with Gasteiger partial charge in [0.15, 0.2) is 0 Å². The molecule has 1 aliphatic heterocycles. The van der Waals surface area contributed by atoms with Gasteiger partial charge in [0.05, 0.1) is 37.7 Å². The Kier molecular flexibility index (Phi) is 15.8. The smallest absolute Gasteiger partial charge is 0.408 e. The average Bonchev–Trinajstić information content (AvgIpc) is 3.50. The number of amides is 2. The molecule has 1 heterocycles. The van der Waals surface area contributed by atoms with Crippen LogP contribution in [0.25, 0.3) is 0 Å². The highest BCUT2D eigenvalue weighted by molar-refractivity contribution is 7.94. The van der Waals surface area contributed by atoms with Gasteiger partial charge in [0.2, 0.25) is 5.91 Å². The number of hydrogen-bond donors (Lipinski definition) is 4. The number of nitrogens with one attached hydrogen (secondary N) is 3. The normalized spacial score (nSPS) is 16.7. The van der Waals surface area contributed by atoms with Gasteiger partial charge >= 0.3 is 6.09 Å². The number of hydrogen-bond acceptors (Lipinski definition) is 9. The fourth-order valence-corrected chi connectivity index (χ4v) is 5.06. The van der Waals surface area contributed by atoms with Crippen LogP contribution >= 0.6 is 12.0 Å². The number of benzene rings is 2. The molecule has 0 aliphatic carbocycles. The predicted molar refractivity (Wildman–Crippen MR) is 163 cm³/mol. The van der Waals surface area contributed by atoms with Crippen LogP contribution in [-0.4, -0.2) is 73.5 Å². The summed E-state index contributed by atoms with van der Waals surface area (Å²) in [7, 11) is 0. The summed E-state index contributed by atoms with van der Waals surface area (Å²) in [4.78, 5) is 31.2. The zero-order chi connectivity index (χ0) is 31.7. The van der Waals surface area contributed by atoms with Crippen LogP contribution in [0.2, 0.25) is 0 Å². The second kappa shape index (κ2) is 19.6. The maximum Gasteiger partial charge on any atom is 0.408 e. The van der Waals surface area contributed by atoms with E-state index in [0.29, 0.717) is 26.2 Å². The molecule has 0 radical (unpaired) electrons. The second-order valence-electron chi connectivity index (χ2n) is 10.6. The van der Waals surface area contributed by atoms with E-state index in [4.69, 9.17) is 18.7 Å². The van der Waals surface area contributed by atoms with Crippen molar-refractivity contribution in [1.82, 2.24) is 16.0 Å². The van der Waals surface area contributed by atoms with Crippen LogP contribution < -0.4 is 16.0 Å². The summed E-state index contributed by atoms with van der Waals surface area (Å²) in [6.07, 6.45) is 0.670. The number of halogens is 2. The fourth-order valence-electron chi connectivity index (χ4n) is 4.50. The van der Waals surface area contributed by atoms with Crippen LogP contribution in [0.5, 0.6) is 0 Å². The lowest BCUT2D eigenvalue weighted by atomic mass is 10.00. The summed E-state index contributed by atoms with van der Waals surface area (Å²) in [5, 5.41) is 19.6. The van der Waals surface area contributed by atoms with Crippen LogP contribution in [0, 0.1) is 11.6 Å². The molecule has 244 valence electrons. The molecule has 2 amide bonds. The molecule has 2 aromatic carbocycles. The van der Waals surface area contributed by atoms with Crippen LogP contribution in [-0.2, 0) is 42.9 Å². The lowest BCUT2D eigenvalue weighted by Crippen LogP contribution is -2.55. The van der Waals surface area contributed by atoms with Crippen LogP contribution in [0.15, 0.2) is 42.5 Å². The Bertz CT molecular complexity index is 1150. The van der Waals surface area contributed by atoms with Crippen molar-refractivity contribution in [3.05, 3.63) is 70.8 Å². The third kappa shape index (κ3) is 13.0. The Morgan fingerprint density at radius 3 is 2.57 bits per heavy atom. The molecular weight excluding hydrogens is 596 g/mol. The van der Waals surface area contributed by atoms with Crippen LogP contribution in [0.1, 0.15) is 49.8 Å². The number of ether oxygens (including phenoxy) is 2. The minimum atomic E-state index is -1.15. The van der Waals surface area contributed by atoms with Gasteiger partial charge in [-0.2, -0.15) is 4.33 Å². The molecule has 0 spiro atoms. The minimum Gasteiger partial charge on any atom is -0.444 e. The molecule has 0 bridgehead atoms. The van der Waals surface area contributed by atoms with Gasteiger partial charge in [-0.15, -0.1) is 0 Å². The molecule has 13 heteroatoms. The molecular formula is C31H43F2N3O7S. The highest BCUT2D eigenvalue weighted by atomic mass is 32.2.